The Morgan fingerprint density at radius 3 is 3.06 bits per heavy atom. The summed E-state index contributed by atoms with van der Waals surface area (Å²) >= 11 is 0. The van der Waals surface area contributed by atoms with Crippen molar-refractivity contribution in [2.24, 2.45) is 0 Å². The van der Waals surface area contributed by atoms with Gasteiger partial charge in [-0.2, -0.15) is 0 Å². The highest BCUT2D eigenvalue weighted by molar-refractivity contribution is 5.99. The molecular formula is C10H14N4O3. The Labute approximate surface area is 97.8 Å². The highest BCUT2D eigenvalue weighted by atomic mass is 16.3. The first-order valence-corrected chi connectivity index (χ1v) is 5.56. The lowest BCUT2D eigenvalue weighted by atomic mass is 10.1. The predicted molar refractivity (Wildman–Crippen MR) is 56.8 cm³/mol. The van der Waals surface area contributed by atoms with Gasteiger partial charge in [0.2, 0.25) is 5.91 Å². The number of rotatable bonds is 4. The first-order valence-electron chi connectivity index (χ1n) is 5.56. The van der Waals surface area contributed by atoms with Crippen LogP contribution in [0.2, 0.25) is 0 Å². The van der Waals surface area contributed by atoms with Crippen molar-refractivity contribution in [1.29, 1.82) is 0 Å². The molecule has 1 fully saturated rings. The molecule has 7 nitrogen and oxygen atoms in total. The van der Waals surface area contributed by atoms with E-state index in [1.165, 1.54) is 4.68 Å². The highest BCUT2D eigenvalue weighted by Crippen LogP contribution is 2.17. The maximum Gasteiger partial charge on any atom is 0.251 e. The van der Waals surface area contributed by atoms with Gasteiger partial charge in [-0.1, -0.05) is 5.21 Å². The normalized spacial score (nSPS) is 20.4. The molecule has 2 amide bonds. The van der Waals surface area contributed by atoms with E-state index in [0.717, 1.165) is 5.69 Å². The molecule has 0 spiro atoms. The monoisotopic (exact) mass is 238 g/mol. The zero-order chi connectivity index (χ0) is 12.3. The zero-order valence-electron chi connectivity index (χ0n) is 9.30. The van der Waals surface area contributed by atoms with Crippen LogP contribution in [0.5, 0.6) is 0 Å². The van der Waals surface area contributed by atoms with Crippen molar-refractivity contribution in [2.45, 2.75) is 31.7 Å². The van der Waals surface area contributed by atoms with Gasteiger partial charge >= 0.3 is 0 Å². The van der Waals surface area contributed by atoms with Crippen molar-refractivity contribution >= 4 is 11.8 Å². The van der Waals surface area contributed by atoms with E-state index in [0.29, 0.717) is 25.7 Å². The van der Waals surface area contributed by atoms with E-state index in [4.69, 9.17) is 5.11 Å². The molecule has 0 radical (unpaired) electrons. The number of carbonyl (C=O) groups excluding carboxylic acids is 2. The number of aryl methyl sites for hydroxylation is 1. The number of imide groups is 1. The van der Waals surface area contributed by atoms with Gasteiger partial charge in [0.1, 0.15) is 6.04 Å². The van der Waals surface area contributed by atoms with Crippen LogP contribution in [-0.4, -0.2) is 38.5 Å². The molecule has 0 saturated carbocycles. The molecule has 1 saturated heterocycles. The number of piperidine rings is 1. The summed E-state index contributed by atoms with van der Waals surface area (Å²) < 4.78 is 1.48. The topological polar surface area (TPSA) is 97.1 Å². The van der Waals surface area contributed by atoms with Gasteiger partial charge in [0.25, 0.3) is 5.91 Å². The predicted octanol–water partition coefficient (Wildman–Crippen LogP) is -0.819. The zero-order valence-corrected chi connectivity index (χ0v) is 9.30. The van der Waals surface area contributed by atoms with Gasteiger partial charge in [0.15, 0.2) is 0 Å². The van der Waals surface area contributed by atoms with Crippen LogP contribution < -0.4 is 5.32 Å². The standard InChI is InChI=1S/C10H14N4O3/c15-5-1-2-7-6-14(13-12-7)8-3-4-9(16)11-10(8)17/h6,8,15H,1-5H2,(H,11,16,17). The van der Waals surface area contributed by atoms with Crippen LogP contribution in [0.1, 0.15) is 31.0 Å². The highest BCUT2D eigenvalue weighted by Gasteiger charge is 2.28. The Morgan fingerprint density at radius 2 is 2.35 bits per heavy atom. The van der Waals surface area contributed by atoms with Gasteiger partial charge in [-0.05, 0) is 19.3 Å². The van der Waals surface area contributed by atoms with Gasteiger partial charge in [-0.25, -0.2) is 4.68 Å². The van der Waals surface area contributed by atoms with Crippen LogP contribution in [0.15, 0.2) is 6.20 Å². The molecule has 1 aliphatic rings. The largest absolute Gasteiger partial charge is 0.396 e. The fourth-order valence-corrected chi connectivity index (χ4v) is 1.77. The Morgan fingerprint density at radius 1 is 1.53 bits per heavy atom. The molecular weight excluding hydrogens is 224 g/mol. The fourth-order valence-electron chi connectivity index (χ4n) is 1.77. The van der Waals surface area contributed by atoms with E-state index < -0.39 is 6.04 Å². The molecule has 1 unspecified atom stereocenters. The fraction of sp³-hybridized carbons (Fsp3) is 0.600. The molecule has 1 atom stereocenters. The smallest absolute Gasteiger partial charge is 0.251 e. The summed E-state index contributed by atoms with van der Waals surface area (Å²) in [5.41, 5.74) is 0.740. The van der Waals surface area contributed by atoms with Crippen LogP contribution in [0, 0.1) is 0 Å². The number of carbonyl (C=O) groups is 2. The van der Waals surface area contributed by atoms with E-state index in [1.54, 1.807) is 6.20 Å². The lowest BCUT2D eigenvalue weighted by Crippen LogP contribution is -2.41. The number of hydrogen-bond donors (Lipinski definition) is 2. The molecule has 2 rings (SSSR count). The van der Waals surface area contributed by atoms with E-state index >= 15 is 0 Å². The molecule has 2 N–H and O–H groups in total. The molecule has 0 aliphatic carbocycles. The second kappa shape index (κ2) is 5.05. The molecule has 0 aromatic carbocycles. The van der Waals surface area contributed by atoms with E-state index in [9.17, 15) is 9.59 Å². The second-order valence-corrected chi connectivity index (χ2v) is 3.98. The van der Waals surface area contributed by atoms with Crippen LogP contribution in [0.3, 0.4) is 0 Å². The SMILES string of the molecule is O=C1CCC(n2cc(CCCO)nn2)C(=O)N1. The summed E-state index contributed by atoms with van der Waals surface area (Å²) in [6, 6.07) is -0.455. The van der Waals surface area contributed by atoms with Crippen LogP contribution in [0.25, 0.3) is 0 Å². The maximum atomic E-state index is 11.6. The van der Waals surface area contributed by atoms with Gasteiger partial charge < -0.3 is 5.11 Å². The van der Waals surface area contributed by atoms with Crippen LogP contribution in [0.4, 0.5) is 0 Å². The summed E-state index contributed by atoms with van der Waals surface area (Å²) in [5.74, 6) is -0.577. The number of aliphatic hydroxyl groups is 1. The first-order chi connectivity index (χ1) is 8.20. The van der Waals surface area contributed by atoms with Crippen molar-refractivity contribution in [3.05, 3.63) is 11.9 Å². The van der Waals surface area contributed by atoms with E-state index in [-0.39, 0.29) is 18.4 Å². The molecule has 92 valence electrons. The average molecular weight is 238 g/mol. The third-order valence-corrected chi connectivity index (χ3v) is 2.68. The molecule has 0 bridgehead atoms. The van der Waals surface area contributed by atoms with Crippen LogP contribution in [-0.2, 0) is 16.0 Å². The summed E-state index contributed by atoms with van der Waals surface area (Å²) in [4.78, 5) is 22.6. The van der Waals surface area contributed by atoms with E-state index in [1.807, 2.05) is 0 Å². The Kier molecular flexibility index (Phi) is 3.48. The first kappa shape index (κ1) is 11.7. The number of nitrogens with zero attached hydrogens (tertiary/aromatic N) is 3. The minimum Gasteiger partial charge on any atom is -0.396 e. The molecule has 1 aromatic heterocycles. The molecule has 7 heteroatoms. The quantitative estimate of drug-likeness (QED) is 0.668. The van der Waals surface area contributed by atoms with Crippen molar-refractivity contribution in [3.63, 3.8) is 0 Å². The lowest BCUT2D eigenvalue weighted by Gasteiger charge is -2.20. The molecule has 2 heterocycles. The number of amides is 2. The number of aliphatic hydroxyl groups excluding tert-OH is 1. The minimum atomic E-state index is -0.455. The van der Waals surface area contributed by atoms with E-state index in [2.05, 4.69) is 15.6 Å². The second-order valence-electron chi connectivity index (χ2n) is 3.98. The minimum absolute atomic E-state index is 0.102. The number of nitrogens with one attached hydrogen (secondary N) is 1. The molecule has 1 aromatic rings. The van der Waals surface area contributed by atoms with Crippen molar-refractivity contribution in [1.82, 2.24) is 20.3 Å². The van der Waals surface area contributed by atoms with Gasteiger partial charge in [0.05, 0.1) is 5.69 Å². The third kappa shape index (κ3) is 2.68. The Balaban J connectivity index is 2.04. The van der Waals surface area contributed by atoms with Crippen molar-refractivity contribution < 1.29 is 14.7 Å². The Bertz CT molecular complexity index is 429. The summed E-state index contributed by atoms with van der Waals surface area (Å²) in [7, 11) is 0. The average Bonchev–Trinajstić information content (AvgIpc) is 2.75. The lowest BCUT2D eigenvalue weighted by molar-refractivity contribution is -0.136. The molecule has 17 heavy (non-hydrogen) atoms. The van der Waals surface area contributed by atoms with Gasteiger partial charge in [-0.15, -0.1) is 5.10 Å². The third-order valence-electron chi connectivity index (χ3n) is 2.68. The molecule has 1 aliphatic heterocycles. The summed E-state index contributed by atoms with van der Waals surface area (Å²) in [6.07, 6.45) is 3.71. The van der Waals surface area contributed by atoms with Crippen molar-refractivity contribution in [2.75, 3.05) is 6.61 Å². The Hall–Kier alpha value is -1.76. The number of hydrogen-bond acceptors (Lipinski definition) is 5. The van der Waals surface area contributed by atoms with Crippen LogP contribution >= 0.6 is 0 Å². The summed E-state index contributed by atoms with van der Waals surface area (Å²) in [5, 5.41) is 18.8. The van der Waals surface area contributed by atoms with Crippen molar-refractivity contribution in [3.8, 4) is 0 Å². The van der Waals surface area contributed by atoms with Gasteiger partial charge in [0, 0.05) is 19.2 Å². The maximum absolute atomic E-state index is 11.6. The summed E-state index contributed by atoms with van der Waals surface area (Å²) in [6.45, 7) is 0.102. The van der Waals surface area contributed by atoms with Gasteiger partial charge in [-0.3, -0.25) is 14.9 Å². The number of aromatic nitrogens is 3.